The first-order valence-corrected chi connectivity index (χ1v) is 8.49. The zero-order valence-corrected chi connectivity index (χ0v) is 14.5. The molecule has 0 aliphatic carbocycles. The third kappa shape index (κ3) is 3.62. The van der Waals surface area contributed by atoms with Crippen molar-refractivity contribution < 1.29 is 4.79 Å². The van der Waals surface area contributed by atoms with E-state index in [0.717, 1.165) is 18.7 Å². The summed E-state index contributed by atoms with van der Waals surface area (Å²) in [7, 11) is 1.88. The van der Waals surface area contributed by atoms with Gasteiger partial charge in [0, 0.05) is 25.7 Å². The fourth-order valence-electron chi connectivity index (χ4n) is 2.11. The molecule has 0 saturated heterocycles. The summed E-state index contributed by atoms with van der Waals surface area (Å²) in [6, 6.07) is 7.51. The highest BCUT2D eigenvalue weighted by atomic mass is 35.5. The van der Waals surface area contributed by atoms with Crippen molar-refractivity contribution in [3.05, 3.63) is 29.3 Å². The quantitative estimate of drug-likeness (QED) is 0.759. The normalized spacial score (nSPS) is 10.7. The topological polar surface area (TPSA) is 51.0 Å². The second kappa shape index (κ2) is 7.65. The van der Waals surface area contributed by atoms with E-state index in [1.165, 1.54) is 11.8 Å². The number of halogens is 1. The summed E-state index contributed by atoms with van der Waals surface area (Å²) >= 11 is 7.59. The number of carbonyl (C=O) groups excluding carboxylic acids is 1. The highest BCUT2D eigenvalue weighted by Crippen LogP contribution is 2.28. The van der Waals surface area contributed by atoms with Crippen LogP contribution >= 0.6 is 23.4 Å². The van der Waals surface area contributed by atoms with Gasteiger partial charge in [-0.3, -0.25) is 4.79 Å². The molecule has 0 saturated carbocycles. The molecule has 118 valence electrons. The molecule has 5 nitrogen and oxygen atoms in total. The van der Waals surface area contributed by atoms with Gasteiger partial charge in [-0.1, -0.05) is 35.5 Å². The van der Waals surface area contributed by atoms with Crippen LogP contribution in [0.5, 0.6) is 0 Å². The van der Waals surface area contributed by atoms with E-state index in [1.54, 1.807) is 4.90 Å². The maximum atomic E-state index is 12.0. The summed E-state index contributed by atoms with van der Waals surface area (Å²) in [6.07, 6.45) is 0. The Morgan fingerprint density at radius 2 is 1.95 bits per heavy atom. The number of hydrogen-bond acceptors (Lipinski definition) is 4. The van der Waals surface area contributed by atoms with Crippen molar-refractivity contribution in [2.24, 2.45) is 7.05 Å². The van der Waals surface area contributed by atoms with Crippen LogP contribution in [0.2, 0.25) is 5.02 Å². The molecule has 1 aromatic heterocycles. The number of aromatic nitrogens is 3. The van der Waals surface area contributed by atoms with Crippen LogP contribution < -0.4 is 0 Å². The zero-order chi connectivity index (χ0) is 16.1. The predicted octanol–water partition coefficient (Wildman–Crippen LogP) is 3.10. The summed E-state index contributed by atoms with van der Waals surface area (Å²) in [5.74, 6) is 1.16. The lowest BCUT2D eigenvalue weighted by atomic mass is 10.2. The van der Waals surface area contributed by atoms with Crippen molar-refractivity contribution in [3.63, 3.8) is 0 Å². The van der Waals surface area contributed by atoms with Gasteiger partial charge in [0.05, 0.1) is 10.8 Å². The monoisotopic (exact) mass is 338 g/mol. The summed E-state index contributed by atoms with van der Waals surface area (Å²) in [6.45, 7) is 5.40. The molecule has 0 unspecified atom stereocenters. The SMILES string of the molecule is CCN(CC)C(=O)CSc1nnc(-c2ccccc2Cl)n1C. The lowest BCUT2D eigenvalue weighted by molar-refractivity contribution is -0.127. The molecule has 0 aliphatic rings. The molecular weight excluding hydrogens is 320 g/mol. The average Bonchev–Trinajstić information content (AvgIpc) is 2.88. The predicted molar refractivity (Wildman–Crippen MR) is 90.1 cm³/mol. The number of hydrogen-bond donors (Lipinski definition) is 0. The minimum absolute atomic E-state index is 0.109. The van der Waals surface area contributed by atoms with Crippen molar-refractivity contribution in [1.82, 2.24) is 19.7 Å². The van der Waals surface area contributed by atoms with E-state index in [0.29, 0.717) is 21.8 Å². The smallest absolute Gasteiger partial charge is 0.233 e. The molecule has 22 heavy (non-hydrogen) atoms. The van der Waals surface area contributed by atoms with Crippen molar-refractivity contribution >= 4 is 29.3 Å². The fourth-order valence-corrected chi connectivity index (χ4v) is 3.15. The van der Waals surface area contributed by atoms with E-state index < -0.39 is 0 Å². The van der Waals surface area contributed by atoms with Crippen molar-refractivity contribution in [3.8, 4) is 11.4 Å². The molecule has 0 bridgehead atoms. The van der Waals surface area contributed by atoms with E-state index in [4.69, 9.17) is 11.6 Å². The fraction of sp³-hybridized carbons (Fsp3) is 0.400. The van der Waals surface area contributed by atoms with Gasteiger partial charge in [-0.25, -0.2) is 0 Å². The van der Waals surface area contributed by atoms with E-state index in [-0.39, 0.29) is 5.91 Å². The molecule has 0 fully saturated rings. The molecule has 2 rings (SSSR count). The molecule has 7 heteroatoms. The highest BCUT2D eigenvalue weighted by molar-refractivity contribution is 7.99. The van der Waals surface area contributed by atoms with Crippen LogP contribution in [0.15, 0.2) is 29.4 Å². The Labute approximate surface area is 139 Å². The number of amides is 1. The average molecular weight is 339 g/mol. The molecular formula is C15H19ClN4OS. The minimum atomic E-state index is 0.109. The third-order valence-corrected chi connectivity index (χ3v) is 4.73. The zero-order valence-electron chi connectivity index (χ0n) is 12.9. The van der Waals surface area contributed by atoms with Gasteiger partial charge < -0.3 is 9.47 Å². The van der Waals surface area contributed by atoms with Crippen LogP contribution in [0.3, 0.4) is 0 Å². The molecule has 1 aromatic carbocycles. The molecule has 0 atom stereocenters. The molecule has 0 aliphatic heterocycles. The van der Waals surface area contributed by atoms with Crippen molar-refractivity contribution in [2.75, 3.05) is 18.8 Å². The van der Waals surface area contributed by atoms with E-state index in [1.807, 2.05) is 49.7 Å². The number of benzene rings is 1. The summed E-state index contributed by atoms with van der Waals surface area (Å²) in [5.41, 5.74) is 0.834. The van der Waals surface area contributed by atoms with E-state index in [9.17, 15) is 4.79 Å². The van der Waals surface area contributed by atoms with Gasteiger partial charge in [0.25, 0.3) is 0 Å². The summed E-state index contributed by atoms with van der Waals surface area (Å²) in [5, 5.41) is 9.69. The molecule has 0 N–H and O–H groups in total. The van der Waals surface area contributed by atoms with Gasteiger partial charge in [-0.15, -0.1) is 10.2 Å². The molecule has 2 aromatic rings. The lowest BCUT2D eigenvalue weighted by Gasteiger charge is -2.17. The Morgan fingerprint density at radius 3 is 2.59 bits per heavy atom. The number of thioether (sulfide) groups is 1. The standard InChI is InChI=1S/C15H19ClN4OS/c1-4-20(5-2)13(21)10-22-15-18-17-14(19(15)3)11-8-6-7-9-12(11)16/h6-9H,4-5,10H2,1-3H3. The highest BCUT2D eigenvalue weighted by Gasteiger charge is 2.16. The molecule has 0 spiro atoms. The Bertz CT molecular complexity index is 655. The third-order valence-electron chi connectivity index (χ3n) is 3.39. The van der Waals surface area contributed by atoms with Gasteiger partial charge in [0.15, 0.2) is 11.0 Å². The van der Waals surface area contributed by atoms with Crippen LogP contribution in [-0.4, -0.2) is 44.4 Å². The summed E-state index contributed by atoms with van der Waals surface area (Å²) in [4.78, 5) is 13.9. The van der Waals surface area contributed by atoms with Gasteiger partial charge in [0.2, 0.25) is 5.91 Å². The minimum Gasteiger partial charge on any atom is -0.343 e. The maximum Gasteiger partial charge on any atom is 0.233 e. The van der Waals surface area contributed by atoms with Crippen LogP contribution in [0, 0.1) is 0 Å². The number of nitrogens with zero attached hydrogens (tertiary/aromatic N) is 4. The second-order valence-electron chi connectivity index (χ2n) is 4.70. The first kappa shape index (κ1) is 16.8. The maximum absolute atomic E-state index is 12.0. The first-order chi connectivity index (χ1) is 10.6. The number of carbonyl (C=O) groups is 1. The van der Waals surface area contributed by atoms with E-state index in [2.05, 4.69) is 10.2 Å². The number of rotatable bonds is 6. The van der Waals surface area contributed by atoms with Gasteiger partial charge in [-0.05, 0) is 26.0 Å². The van der Waals surface area contributed by atoms with Gasteiger partial charge >= 0.3 is 0 Å². The molecule has 1 amide bonds. The van der Waals surface area contributed by atoms with Crippen molar-refractivity contribution in [1.29, 1.82) is 0 Å². The summed E-state index contributed by atoms with van der Waals surface area (Å²) < 4.78 is 1.86. The van der Waals surface area contributed by atoms with Crippen LogP contribution in [0.1, 0.15) is 13.8 Å². The molecule has 1 heterocycles. The first-order valence-electron chi connectivity index (χ1n) is 7.13. The lowest BCUT2D eigenvalue weighted by Crippen LogP contribution is -2.31. The van der Waals surface area contributed by atoms with Gasteiger partial charge in [-0.2, -0.15) is 0 Å². The Morgan fingerprint density at radius 1 is 1.27 bits per heavy atom. The largest absolute Gasteiger partial charge is 0.343 e. The van der Waals surface area contributed by atoms with Crippen LogP contribution in [0.25, 0.3) is 11.4 Å². The van der Waals surface area contributed by atoms with E-state index >= 15 is 0 Å². The van der Waals surface area contributed by atoms with Crippen LogP contribution in [0.4, 0.5) is 0 Å². The second-order valence-corrected chi connectivity index (χ2v) is 6.05. The van der Waals surface area contributed by atoms with Gasteiger partial charge in [0.1, 0.15) is 0 Å². The van der Waals surface area contributed by atoms with Crippen LogP contribution in [-0.2, 0) is 11.8 Å². The Balaban J connectivity index is 2.12. The Kier molecular flexibility index (Phi) is 5.85. The molecule has 0 radical (unpaired) electrons. The van der Waals surface area contributed by atoms with Crippen molar-refractivity contribution in [2.45, 2.75) is 19.0 Å². The Hall–Kier alpha value is -1.53.